The molecule has 0 amide bonds. The van der Waals surface area contributed by atoms with Crippen LogP contribution in [0.25, 0.3) is 0 Å². The second-order valence-electron chi connectivity index (χ2n) is 19.8. The number of carbonyl (C=O) groups excluding carboxylic acids is 3. The van der Waals surface area contributed by atoms with Gasteiger partial charge in [0.05, 0.1) is 59.2 Å². The summed E-state index contributed by atoms with van der Waals surface area (Å²) >= 11 is 0.958. The van der Waals surface area contributed by atoms with Crippen LogP contribution >= 0.6 is 11.8 Å². The van der Waals surface area contributed by atoms with Crippen molar-refractivity contribution in [3.8, 4) is 0 Å². The van der Waals surface area contributed by atoms with E-state index in [-0.39, 0.29) is 65.3 Å². The van der Waals surface area contributed by atoms with Gasteiger partial charge in [0.2, 0.25) is 0 Å². The lowest BCUT2D eigenvalue weighted by Crippen LogP contribution is -2.62. The maximum absolute atomic E-state index is 14.3. The van der Waals surface area contributed by atoms with Gasteiger partial charge in [0.15, 0.2) is 38.4 Å². The lowest BCUT2D eigenvalue weighted by atomic mass is 9.98. The Bertz CT molecular complexity index is 2810. The zero-order valence-electron chi connectivity index (χ0n) is 42.9. The maximum Gasteiger partial charge on any atom is 0.338 e. The Morgan fingerprint density at radius 2 is 1.08 bits per heavy atom. The molecule has 8 rings (SSSR count). The van der Waals surface area contributed by atoms with Crippen molar-refractivity contribution in [2.24, 2.45) is 0 Å². The first-order valence-corrected chi connectivity index (χ1v) is 28.8. The molecule has 2 aliphatic heterocycles. The van der Waals surface area contributed by atoms with E-state index in [1.54, 1.807) is 91.0 Å². The molecule has 2 saturated heterocycles. The van der Waals surface area contributed by atoms with E-state index in [1.807, 2.05) is 60.7 Å². The molecule has 9 atom stereocenters. The molecule has 3 heterocycles. The second kappa shape index (κ2) is 26.0. The van der Waals surface area contributed by atoms with Crippen LogP contribution in [-0.2, 0) is 55.5 Å². The highest BCUT2D eigenvalue weighted by Crippen LogP contribution is 2.40. The van der Waals surface area contributed by atoms with E-state index < -0.39 is 85.6 Å². The van der Waals surface area contributed by atoms with E-state index in [4.69, 9.17) is 42.3 Å². The summed E-state index contributed by atoms with van der Waals surface area (Å²) in [7, 11) is -2.36. The molecule has 1 aromatic heterocycles. The zero-order chi connectivity index (χ0) is 53.7. The minimum atomic E-state index is -2.36. The van der Waals surface area contributed by atoms with Gasteiger partial charge in [0, 0.05) is 12.5 Å². The average molecular weight is 1070 g/mol. The van der Waals surface area contributed by atoms with Crippen LogP contribution in [0.1, 0.15) is 69.4 Å². The molecule has 0 unspecified atom stereocenters. The Kier molecular flexibility index (Phi) is 19.0. The standard InChI is InChI=1S/C58H62N2O14SSi/c1-58(2,3)76(4,5)69-38-47-50(68-36-40-23-13-7-14-24-40)45(66-35-39-21-11-6-12-22-39)33-49(70-47)67-37-46-51(72-54(61)41-25-15-8-16-26-41)52(73-55(62)42-27-17-9-18-28-42)53(74-56(63)43-29-19-10-20-30-43)57(71-46)75-48-32-31-44(34-59-48)60(64)65/h6-32,34,45-47,49-53,57H,33,35-38H2,1-5H3/t45-,46-,47-,49+,50+,51-,52+,53-,57+/m1/s1. The molecule has 0 saturated carbocycles. The van der Waals surface area contributed by atoms with Crippen LogP contribution in [0.3, 0.4) is 0 Å². The predicted molar refractivity (Wildman–Crippen MR) is 285 cm³/mol. The number of hydrogen-bond acceptors (Lipinski definition) is 16. The smallest absolute Gasteiger partial charge is 0.338 e. The third-order valence-corrected chi connectivity index (χ3v) is 19.1. The fourth-order valence-electron chi connectivity index (χ4n) is 8.24. The van der Waals surface area contributed by atoms with Crippen molar-refractivity contribution in [3.63, 3.8) is 0 Å². The molecule has 2 fully saturated rings. The van der Waals surface area contributed by atoms with Crippen LogP contribution in [0.15, 0.2) is 175 Å². The van der Waals surface area contributed by atoms with Gasteiger partial charge in [-0.3, -0.25) is 10.1 Å². The Hall–Kier alpha value is -6.61. The SMILES string of the molecule is CC(C)(C)[Si](C)(C)OC[C@H]1O[C@H](OC[C@H]2O[C@@H](Sc3ccc([N+](=O)[O-])cn3)[C@H](OC(=O)c3ccccc3)[C@@H](OC(=O)c3ccccc3)[C@@H]2OC(=O)c2ccccc2)C[C@@H](OCc2ccccc2)[C@@H]1OCc1ccccc1. The van der Waals surface area contributed by atoms with Gasteiger partial charge in [-0.05, 0) is 71.7 Å². The highest BCUT2D eigenvalue weighted by Gasteiger charge is 2.54. The molecule has 0 bridgehead atoms. The molecule has 5 aromatic carbocycles. The number of pyridine rings is 1. The van der Waals surface area contributed by atoms with Crippen molar-refractivity contribution in [2.75, 3.05) is 13.2 Å². The van der Waals surface area contributed by atoms with Crippen LogP contribution < -0.4 is 0 Å². The third kappa shape index (κ3) is 14.9. The molecule has 76 heavy (non-hydrogen) atoms. The van der Waals surface area contributed by atoms with E-state index in [9.17, 15) is 24.5 Å². The van der Waals surface area contributed by atoms with E-state index in [0.717, 1.165) is 29.1 Å². The lowest BCUT2D eigenvalue weighted by Gasteiger charge is -2.46. The van der Waals surface area contributed by atoms with Crippen LogP contribution in [-0.4, -0.2) is 104 Å². The molecule has 16 nitrogen and oxygen atoms in total. The summed E-state index contributed by atoms with van der Waals surface area (Å²) in [5, 5.41) is 11.8. The van der Waals surface area contributed by atoms with Crippen molar-refractivity contribution in [2.45, 2.75) is 118 Å². The minimum Gasteiger partial charge on any atom is -0.452 e. The van der Waals surface area contributed by atoms with Gasteiger partial charge >= 0.3 is 17.9 Å². The molecule has 18 heteroatoms. The van der Waals surface area contributed by atoms with Crippen LogP contribution in [0.5, 0.6) is 0 Å². The highest BCUT2D eigenvalue weighted by atomic mass is 32.2. The van der Waals surface area contributed by atoms with E-state index in [1.165, 1.54) is 12.1 Å². The van der Waals surface area contributed by atoms with Crippen LogP contribution in [0.2, 0.25) is 18.1 Å². The largest absolute Gasteiger partial charge is 0.452 e. The topological polar surface area (TPSA) is 190 Å². The van der Waals surface area contributed by atoms with Crippen LogP contribution in [0.4, 0.5) is 5.69 Å². The number of nitrogens with zero attached hydrogens (tertiary/aromatic N) is 2. The molecule has 2 aliphatic rings. The molecule has 0 spiro atoms. The van der Waals surface area contributed by atoms with E-state index in [0.29, 0.717) is 0 Å². The van der Waals surface area contributed by atoms with Gasteiger partial charge in [-0.1, -0.05) is 148 Å². The van der Waals surface area contributed by atoms with Gasteiger partial charge in [-0.2, -0.15) is 0 Å². The fraction of sp³-hybridized carbons (Fsp3) is 0.345. The monoisotopic (exact) mass is 1070 g/mol. The summed E-state index contributed by atoms with van der Waals surface area (Å²) in [6.45, 7) is 11.2. The number of thioether (sulfide) groups is 1. The quantitative estimate of drug-likeness (QED) is 0.0217. The minimum absolute atomic E-state index is 0.127. The Morgan fingerprint density at radius 3 is 1.57 bits per heavy atom. The van der Waals surface area contributed by atoms with Crippen molar-refractivity contribution >= 4 is 43.7 Å². The maximum atomic E-state index is 14.3. The van der Waals surface area contributed by atoms with Gasteiger partial charge in [0.1, 0.15) is 24.5 Å². The van der Waals surface area contributed by atoms with Crippen molar-refractivity contribution in [1.82, 2.24) is 4.98 Å². The van der Waals surface area contributed by atoms with E-state index >= 15 is 0 Å². The van der Waals surface area contributed by atoms with Gasteiger partial charge in [-0.15, -0.1) is 0 Å². The van der Waals surface area contributed by atoms with Crippen molar-refractivity contribution in [1.29, 1.82) is 0 Å². The van der Waals surface area contributed by atoms with Crippen LogP contribution in [0, 0.1) is 10.1 Å². The molecule has 0 N–H and O–H groups in total. The number of hydrogen-bond donors (Lipinski definition) is 0. The summed E-state index contributed by atoms with van der Waals surface area (Å²) in [4.78, 5) is 58.1. The average Bonchev–Trinajstić information content (AvgIpc) is 3.44. The molecular weight excluding hydrogens is 1010 g/mol. The zero-order valence-corrected chi connectivity index (χ0v) is 44.7. The number of ether oxygens (including phenoxy) is 8. The number of carbonyl (C=O) groups is 3. The Balaban J connectivity index is 1.17. The highest BCUT2D eigenvalue weighted by molar-refractivity contribution is 7.99. The molecular formula is C58H62N2O14SSi. The number of esters is 3. The first kappa shape index (κ1) is 55.6. The number of aromatic nitrogens is 1. The van der Waals surface area contributed by atoms with Gasteiger partial charge < -0.3 is 42.3 Å². The summed E-state index contributed by atoms with van der Waals surface area (Å²) in [5.74, 6) is -2.40. The number of rotatable bonds is 21. The summed E-state index contributed by atoms with van der Waals surface area (Å²) in [5.41, 5.74) is 0.916. The molecule has 6 aromatic rings. The van der Waals surface area contributed by atoms with Crippen molar-refractivity contribution in [3.05, 3.63) is 208 Å². The molecule has 398 valence electrons. The summed E-state index contributed by atoms with van der Waals surface area (Å²) < 4.78 is 59.8. The first-order valence-electron chi connectivity index (χ1n) is 25.0. The first-order chi connectivity index (χ1) is 36.6. The number of nitro groups is 1. The Labute approximate surface area is 447 Å². The second-order valence-corrected chi connectivity index (χ2v) is 25.7. The summed E-state index contributed by atoms with van der Waals surface area (Å²) in [6.07, 6.45) is -7.42. The van der Waals surface area contributed by atoms with Crippen molar-refractivity contribution < 1.29 is 61.6 Å². The lowest BCUT2D eigenvalue weighted by molar-refractivity contribution is -0.385. The van der Waals surface area contributed by atoms with Gasteiger partial charge in [-0.25, -0.2) is 19.4 Å². The third-order valence-electron chi connectivity index (χ3n) is 13.5. The summed E-state index contributed by atoms with van der Waals surface area (Å²) in [6, 6.07) is 46.9. The van der Waals surface area contributed by atoms with E-state index in [2.05, 4.69) is 38.8 Å². The Morgan fingerprint density at radius 1 is 0.605 bits per heavy atom. The molecule has 0 radical (unpaired) electrons. The number of benzene rings is 5. The molecule has 0 aliphatic carbocycles. The normalized spacial score (nSPS) is 22.7. The fourth-order valence-corrected chi connectivity index (χ4v) is 10.3. The van der Waals surface area contributed by atoms with Gasteiger partial charge in [0.25, 0.3) is 5.69 Å². The predicted octanol–water partition coefficient (Wildman–Crippen LogP) is 10.8.